The SMILES string of the molecule is O=C1/C(=C\c2ccc(O)c(Cl)c2)SC(=S)N1C1CCCCC1. The summed E-state index contributed by atoms with van der Waals surface area (Å²) in [6, 6.07) is 5.14. The number of hydrogen-bond acceptors (Lipinski definition) is 4. The van der Waals surface area contributed by atoms with Crippen LogP contribution in [0.15, 0.2) is 23.1 Å². The van der Waals surface area contributed by atoms with E-state index in [0.29, 0.717) is 9.23 Å². The van der Waals surface area contributed by atoms with Crippen molar-refractivity contribution in [2.75, 3.05) is 0 Å². The van der Waals surface area contributed by atoms with Crippen molar-refractivity contribution in [2.45, 2.75) is 38.1 Å². The van der Waals surface area contributed by atoms with Gasteiger partial charge < -0.3 is 5.11 Å². The van der Waals surface area contributed by atoms with Gasteiger partial charge in [-0.3, -0.25) is 9.69 Å². The molecule has 1 heterocycles. The van der Waals surface area contributed by atoms with Crippen LogP contribution in [0.25, 0.3) is 6.08 Å². The summed E-state index contributed by atoms with van der Waals surface area (Å²) in [7, 11) is 0. The fourth-order valence-electron chi connectivity index (χ4n) is 2.90. The Balaban J connectivity index is 1.83. The van der Waals surface area contributed by atoms with Crippen molar-refractivity contribution in [2.24, 2.45) is 0 Å². The number of carbonyl (C=O) groups is 1. The van der Waals surface area contributed by atoms with Crippen LogP contribution in [0.1, 0.15) is 37.7 Å². The number of thiocarbonyl (C=S) groups is 1. The topological polar surface area (TPSA) is 40.5 Å². The Morgan fingerprint density at radius 1 is 1.32 bits per heavy atom. The molecule has 2 fully saturated rings. The molecule has 6 heteroatoms. The number of amides is 1. The summed E-state index contributed by atoms with van der Waals surface area (Å²) in [5.41, 5.74) is 0.784. The van der Waals surface area contributed by atoms with Gasteiger partial charge in [0.1, 0.15) is 10.1 Å². The standard InChI is InChI=1S/C16H16ClNO2S2/c17-12-8-10(6-7-13(12)19)9-14-15(20)18(16(21)22-14)11-4-2-1-3-5-11/h6-9,11,19H,1-5H2/b14-9+. The minimum Gasteiger partial charge on any atom is -0.506 e. The van der Waals surface area contributed by atoms with Gasteiger partial charge in [-0.1, -0.05) is 60.9 Å². The predicted molar refractivity (Wildman–Crippen MR) is 95.0 cm³/mol. The zero-order valence-corrected chi connectivity index (χ0v) is 14.3. The minimum absolute atomic E-state index is 0.00824. The van der Waals surface area contributed by atoms with E-state index < -0.39 is 0 Å². The van der Waals surface area contributed by atoms with Gasteiger partial charge in [0, 0.05) is 6.04 Å². The summed E-state index contributed by atoms with van der Waals surface area (Å²) in [5, 5.41) is 9.73. The van der Waals surface area contributed by atoms with Crippen LogP contribution in [-0.2, 0) is 4.79 Å². The Bertz CT molecular complexity index is 654. The number of halogens is 1. The number of nitrogens with zero attached hydrogens (tertiary/aromatic N) is 1. The molecule has 1 aliphatic heterocycles. The van der Waals surface area contributed by atoms with Crippen molar-refractivity contribution >= 4 is 51.9 Å². The lowest BCUT2D eigenvalue weighted by molar-refractivity contribution is -0.124. The average Bonchev–Trinajstić information content (AvgIpc) is 2.78. The van der Waals surface area contributed by atoms with Crippen molar-refractivity contribution in [1.82, 2.24) is 4.90 Å². The molecule has 2 aliphatic rings. The number of phenolic OH excluding ortho intramolecular Hbond substituents is 1. The normalized spacial score (nSPS) is 21.9. The molecule has 0 atom stereocenters. The minimum atomic E-state index is -0.00824. The molecule has 1 N–H and O–H groups in total. The Kier molecular flexibility index (Phi) is 4.76. The maximum atomic E-state index is 12.6. The molecule has 0 unspecified atom stereocenters. The molecule has 3 nitrogen and oxygen atoms in total. The number of carbonyl (C=O) groups excluding carboxylic acids is 1. The zero-order valence-electron chi connectivity index (χ0n) is 11.9. The van der Waals surface area contributed by atoms with Gasteiger partial charge in [0.05, 0.1) is 9.93 Å². The summed E-state index contributed by atoms with van der Waals surface area (Å²) in [6.45, 7) is 0. The Morgan fingerprint density at radius 2 is 2.05 bits per heavy atom. The molecule has 3 rings (SSSR count). The van der Waals surface area contributed by atoms with Gasteiger partial charge >= 0.3 is 0 Å². The summed E-state index contributed by atoms with van der Waals surface area (Å²) >= 11 is 12.7. The summed E-state index contributed by atoms with van der Waals surface area (Å²) in [4.78, 5) is 15.0. The first-order chi connectivity index (χ1) is 10.6. The van der Waals surface area contributed by atoms with Crippen LogP contribution in [0.2, 0.25) is 5.02 Å². The Hall–Kier alpha value is -1.04. The van der Waals surface area contributed by atoms with Crippen LogP contribution in [0.3, 0.4) is 0 Å². The highest BCUT2D eigenvalue weighted by atomic mass is 35.5. The fourth-order valence-corrected chi connectivity index (χ4v) is 4.49. The molecular formula is C16H16ClNO2S2. The lowest BCUT2D eigenvalue weighted by Gasteiger charge is -2.29. The molecule has 0 spiro atoms. The Morgan fingerprint density at radius 3 is 2.73 bits per heavy atom. The molecule has 116 valence electrons. The second kappa shape index (κ2) is 6.60. The van der Waals surface area contributed by atoms with Crippen LogP contribution < -0.4 is 0 Å². The lowest BCUT2D eigenvalue weighted by atomic mass is 9.94. The summed E-state index contributed by atoms with van der Waals surface area (Å²) < 4.78 is 0.646. The van der Waals surface area contributed by atoms with E-state index in [9.17, 15) is 9.90 Å². The lowest BCUT2D eigenvalue weighted by Crippen LogP contribution is -2.39. The van der Waals surface area contributed by atoms with E-state index in [1.165, 1.54) is 24.2 Å². The van der Waals surface area contributed by atoms with E-state index in [0.717, 1.165) is 31.2 Å². The third kappa shape index (κ3) is 3.16. The summed E-state index contributed by atoms with van der Waals surface area (Å²) in [5.74, 6) is 0.0275. The fraction of sp³-hybridized carbons (Fsp3) is 0.375. The molecule has 1 saturated carbocycles. The van der Waals surface area contributed by atoms with Crippen LogP contribution in [-0.4, -0.2) is 26.3 Å². The van der Waals surface area contributed by atoms with Gasteiger partial charge in [-0.15, -0.1) is 0 Å². The number of rotatable bonds is 2. The quantitative estimate of drug-likeness (QED) is 0.624. The average molecular weight is 354 g/mol. The number of hydrogen-bond donors (Lipinski definition) is 1. The van der Waals surface area contributed by atoms with Crippen molar-refractivity contribution in [3.05, 3.63) is 33.7 Å². The van der Waals surface area contributed by atoms with Gasteiger partial charge in [-0.25, -0.2) is 0 Å². The highest BCUT2D eigenvalue weighted by Gasteiger charge is 2.37. The maximum Gasteiger partial charge on any atom is 0.266 e. The number of phenols is 1. The van der Waals surface area contributed by atoms with E-state index in [-0.39, 0.29) is 22.7 Å². The second-order valence-electron chi connectivity index (χ2n) is 5.55. The molecular weight excluding hydrogens is 338 g/mol. The van der Waals surface area contributed by atoms with E-state index in [1.54, 1.807) is 23.1 Å². The van der Waals surface area contributed by atoms with E-state index in [4.69, 9.17) is 23.8 Å². The predicted octanol–water partition coefficient (Wildman–Crippen LogP) is 4.58. The van der Waals surface area contributed by atoms with Crippen molar-refractivity contribution in [3.8, 4) is 5.75 Å². The zero-order chi connectivity index (χ0) is 15.7. The summed E-state index contributed by atoms with van der Waals surface area (Å²) in [6.07, 6.45) is 7.42. The molecule has 22 heavy (non-hydrogen) atoms. The first kappa shape index (κ1) is 15.8. The van der Waals surface area contributed by atoms with Crippen LogP contribution in [0.4, 0.5) is 0 Å². The Labute approximate surface area is 144 Å². The molecule has 1 amide bonds. The largest absolute Gasteiger partial charge is 0.506 e. The molecule has 1 aliphatic carbocycles. The van der Waals surface area contributed by atoms with Crippen molar-refractivity contribution < 1.29 is 9.90 Å². The number of thioether (sulfide) groups is 1. The molecule has 1 aromatic carbocycles. The van der Waals surface area contributed by atoms with Crippen LogP contribution >= 0.6 is 35.6 Å². The molecule has 0 aromatic heterocycles. The van der Waals surface area contributed by atoms with Gasteiger partial charge in [0.25, 0.3) is 5.91 Å². The maximum absolute atomic E-state index is 12.6. The number of aromatic hydroxyl groups is 1. The first-order valence-corrected chi connectivity index (χ1v) is 8.92. The van der Waals surface area contributed by atoms with E-state index in [2.05, 4.69) is 0 Å². The number of benzene rings is 1. The van der Waals surface area contributed by atoms with Crippen LogP contribution in [0, 0.1) is 0 Å². The van der Waals surface area contributed by atoms with Crippen LogP contribution in [0.5, 0.6) is 5.75 Å². The smallest absolute Gasteiger partial charge is 0.266 e. The third-order valence-corrected chi connectivity index (χ3v) is 5.67. The van der Waals surface area contributed by atoms with Crippen molar-refractivity contribution in [1.29, 1.82) is 0 Å². The monoisotopic (exact) mass is 353 g/mol. The van der Waals surface area contributed by atoms with Gasteiger partial charge in [-0.05, 0) is 36.6 Å². The van der Waals surface area contributed by atoms with Gasteiger partial charge in [0.15, 0.2) is 0 Å². The highest BCUT2D eigenvalue weighted by molar-refractivity contribution is 8.26. The van der Waals surface area contributed by atoms with E-state index in [1.807, 2.05) is 0 Å². The van der Waals surface area contributed by atoms with Crippen molar-refractivity contribution in [3.63, 3.8) is 0 Å². The second-order valence-corrected chi connectivity index (χ2v) is 7.64. The molecule has 1 saturated heterocycles. The van der Waals surface area contributed by atoms with E-state index >= 15 is 0 Å². The first-order valence-electron chi connectivity index (χ1n) is 7.32. The van der Waals surface area contributed by atoms with Gasteiger partial charge in [0.2, 0.25) is 0 Å². The third-order valence-electron chi connectivity index (χ3n) is 4.03. The highest BCUT2D eigenvalue weighted by Crippen LogP contribution is 2.37. The molecule has 0 radical (unpaired) electrons. The van der Waals surface area contributed by atoms with Gasteiger partial charge in [-0.2, -0.15) is 0 Å². The molecule has 0 bridgehead atoms. The molecule has 1 aromatic rings.